The van der Waals surface area contributed by atoms with Crippen LogP contribution in [-0.4, -0.2) is 12.2 Å². The molecule has 0 amide bonds. The van der Waals surface area contributed by atoms with Crippen LogP contribution >= 0.6 is 0 Å². The number of methoxy groups -OCH3 is 1. The molecular weight excluding hydrogens is 116 g/mol. The number of rotatable bonds is 1. The van der Waals surface area contributed by atoms with Crippen LogP contribution in [0.4, 0.5) is 0 Å². The Hall–Kier alpha value is -0.920. The van der Waals surface area contributed by atoms with E-state index in [4.69, 9.17) is 9.84 Å². The summed E-state index contributed by atoms with van der Waals surface area (Å²) in [6, 6.07) is 0. The molecule has 0 spiro atoms. The van der Waals surface area contributed by atoms with Crippen LogP contribution in [0, 0.1) is 6.42 Å². The summed E-state index contributed by atoms with van der Waals surface area (Å²) in [5, 5.41) is 8.83. The van der Waals surface area contributed by atoms with Crippen LogP contribution in [0.3, 0.4) is 0 Å². The highest BCUT2D eigenvalue weighted by Crippen LogP contribution is 2.14. The van der Waals surface area contributed by atoms with Crippen molar-refractivity contribution in [1.29, 1.82) is 0 Å². The molecular formula is C7H9O2. The van der Waals surface area contributed by atoms with E-state index in [1.54, 1.807) is 25.7 Å². The minimum Gasteiger partial charge on any atom is -0.512 e. The molecule has 0 aromatic carbocycles. The fraction of sp³-hybridized carbons (Fsp3) is 0.286. The molecule has 1 N–H and O–H groups in total. The fourth-order valence-electron chi connectivity index (χ4n) is 0.671. The van der Waals surface area contributed by atoms with Crippen LogP contribution in [0.5, 0.6) is 0 Å². The van der Waals surface area contributed by atoms with Crippen LogP contribution in [0.15, 0.2) is 23.7 Å². The van der Waals surface area contributed by atoms with Gasteiger partial charge in [0, 0.05) is 12.8 Å². The van der Waals surface area contributed by atoms with Crippen molar-refractivity contribution in [2.24, 2.45) is 0 Å². The summed E-state index contributed by atoms with van der Waals surface area (Å²) in [6.07, 6.45) is 5.77. The van der Waals surface area contributed by atoms with Gasteiger partial charge in [-0.15, -0.1) is 0 Å². The molecule has 0 heterocycles. The minimum absolute atomic E-state index is 0.316. The van der Waals surface area contributed by atoms with E-state index in [2.05, 4.69) is 0 Å². The van der Waals surface area contributed by atoms with Crippen molar-refractivity contribution in [2.75, 3.05) is 7.11 Å². The summed E-state index contributed by atoms with van der Waals surface area (Å²) in [6.45, 7) is 0. The SMILES string of the molecule is COC1=CC=C(O)[CH]C1. The number of hydrogen-bond acceptors (Lipinski definition) is 2. The van der Waals surface area contributed by atoms with Gasteiger partial charge in [0.25, 0.3) is 0 Å². The van der Waals surface area contributed by atoms with Crippen molar-refractivity contribution in [2.45, 2.75) is 6.42 Å². The summed E-state index contributed by atoms with van der Waals surface area (Å²) >= 11 is 0. The predicted molar refractivity (Wildman–Crippen MR) is 34.7 cm³/mol. The highest BCUT2D eigenvalue weighted by Gasteiger charge is 2.03. The molecule has 0 aromatic rings. The van der Waals surface area contributed by atoms with Gasteiger partial charge in [0.05, 0.1) is 18.6 Å². The van der Waals surface area contributed by atoms with Gasteiger partial charge >= 0.3 is 0 Å². The molecule has 0 aromatic heterocycles. The molecule has 1 rings (SSSR count). The molecule has 0 saturated heterocycles. The topological polar surface area (TPSA) is 29.5 Å². The van der Waals surface area contributed by atoms with Crippen LogP contribution in [0.25, 0.3) is 0 Å². The minimum atomic E-state index is 0.316. The highest BCUT2D eigenvalue weighted by molar-refractivity contribution is 5.23. The number of aliphatic hydroxyl groups is 1. The molecule has 1 aliphatic rings. The number of aliphatic hydroxyl groups excluding tert-OH is 1. The maximum absolute atomic E-state index is 8.83. The summed E-state index contributed by atoms with van der Waals surface area (Å²) in [5.74, 6) is 1.20. The molecule has 2 heteroatoms. The summed E-state index contributed by atoms with van der Waals surface area (Å²) < 4.78 is 4.91. The van der Waals surface area contributed by atoms with Crippen molar-refractivity contribution in [1.82, 2.24) is 0 Å². The molecule has 0 saturated carbocycles. The first-order chi connectivity index (χ1) is 4.33. The van der Waals surface area contributed by atoms with E-state index in [-0.39, 0.29) is 0 Å². The van der Waals surface area contributed by atoms with Crippen LogP contribution < -0.4 is 0 Å². The Kier molecular flexibility index (Phi) is 1.78. The molecule has 0 unspecified atom stereocenters. The van der Waals surface area contributed by atoms with Crippen molar-refractivity contribution >= 4 is 0 Å². The van der Waals surface area contributed by atoms with Gasteiger partial charge in [-0.3, -0.25) is 0 Å². The molecule has 0 atom stereocenters. The van der Waals surface area contributed by atoms with Gasteiger partial charge in [-0.25, -0.2) is 0 Å². The first-order valence-corrected chi connectivity index (χ1v) is 2.80. The quantitative estimate of drug-likeness (QED) is 0.576. The monoisotopic (exact) mass is 125 g/mol. The Balaban J connectivity index is 2.59. The second-order valence-electron chi connectivity index (χ2n) is 1.84. The van der Waals surface area contributed by atoms with E-state index >= 15 is 0 Å². The zero-order valence-corrected chi connectivity index (χ0v) is 5.29. The van der Waals surface area contributed by atoms with Crippen LogP contribution in [0.2, 0.25) is 0 Å². The molecule has 0 aliphatic heterocycles. The van der Waals surface area contributed by atoms with Gasteiger partial charge in [0.2, 0.25) is 0 Å². The van der Waals surface area contributed by atoms with E-state index in [9.17, 15) is 0 Å². The Morgan fingerprint density at radius 3 is 2.78 bits per heavy atom. The van der Waals surface area contributed by atoms with Crippen molar-refractivity contribution in [3.63, 3.8) is 0 Å². The molecule has 0 fully saturated rings. The average Bonchev–Trinajstić information content (AvgIpc) is 1.90. The molecule has 1 radical (unpaired) electrons. The van der Waals surface area contributed by atoms with Crippen molar-refractivity contribution < 1.29 is 9.84 Å². The van der Waals surface area contributed by atoms with Gasteiger partial charge in [-0.1, -0.05) is 0 Å². The van der Waals surface area contributed by atoms with E-state index in [0.29, 0.717) is 12.2 Å². The Morgan fingerprint density at radius 1 is 1.56 bits per heavy atom. The Morgan fingerprint density at radius 2 is 2.33 bits per heavy atom. The van der Waals surface area contributed by atoms with E-state index in [1.165, 1.54) is 0 Å². The normalized spacial score (nSPS) is 18.3. The molecule has 2 nitrogen and oxygen atoms in total. The van der Waals surface area contributed by atoms with Crippen molar-refractivity contribution in [3.05, 3.63) is 30.1 Å². The Bertz CT molecular complexity index is 156. The van der Waals surface area contributed by atoms with Gasteiger partial charge in [-0.2, -0.15) is 0 Å². The fourth-order valence-corrected chi connectivity index (χ4v) is 0.671. The predicted octanol–water partition coefficient (Wildman–Crippen LogP) is 1.57. The van der Waals surface area contributed by atoms with Crippen LogP contribution in [-0.2, 0) is 4.74 Å². The zero-order chi connectivity index (χ0) is 6.69. The molecule has 9 heavy (non-hydrogen) atoms. The number of allylic oxidation sites excluding steroid dienone is 4. The van der Waals surface area contributed by atoms with Gasteiger partial charge in [0.1, 0.15) is 0 Å². The van der Waals surface area contributed by atoms with Crippen molar-refractivity contribution in [3.8, 4) is 0 Å². The maximum Gasteiger partial charge on any atom is 0.0966 e. The maximum atomic E-state index is 8.83. The zero-order valence-electron chi connectivity index (χ0n) is 5.29. The molecule has 49 valence electrons. The first kappa shape index (κ1) is 6.20. The standard InChI is InChI=1S/C7H9O2/c1-9-7-4-2-6(8)3-5-7/h2-4,8H,5H2,1H3. The largest absolute Gasteiger partial charge is 0.512 e. The number of ether oxygens (including phenoxy) is 1. The summed E-state index contributed by atoms with van der Waals surface area (Å²) in [4.78, 5) is 0. The van der Waals surface area contributed by atoms with Gasteiger partial charge in [0.15, 0.2) is 0 Å². The van der Waals surface area contributed by atoms with E-state index in [1.807, 2.05) is 0 Å². The third kappa shape index (κ3) is 1.49. The summed E-state index contributed by atoms with van der Waals surface area (Å²) in [5.41, 5.74) is 0. The second-order valence-corrected chi connectivity index (χ2v) is 1.84. The van der Waals surface area contributed by atoms with Gasteiger partial charge < -0.3 is 9.84 Å². The van der Waals surface area contributed by atoms with Crippen LogP contribution in [0.1, 0.15) is 6.42 Å². The van der Waals surface area contributed by atoms with E-state index < -0.39 is 0 Å². The third-order valence-corrected chi connectivity index (χ3v) is 1.21. The van der Waals surface area contributed by atoms with Gasteiger partial charge in [-0.05, 0) is 12.2 Å². The average molecular weight is 125 g/mol. The highest BCUT2D eigenvalue weighted by atomic mass is 16.5. The lowest BCUT2D eigenvalue weighted by atomic mass is 10.1. The lowest BCUT2D eigenvalue weighted by Crippen LogP contribution is -1.94. The molecule has 1 aliphatic carbocycles. The lowest BCUT2D eigenvalue weighted by Gasteiger charge is -2.07. The molecule has 0 bridgehead atoms. The lowest BCUT2D eigenvalue weighted by molar-refractivity contribution is 0.277. The second kappa shape index (κ2) is 2.58. The Labute approximate surface area is 54.5 Å². The summed E-state index contributed by atoms with van der Waals surface area (Å²) in [7, 11) is 1.62. The first-order valence-electron chi connectivity index (χ1n) is 2.80. The number of hydrogen-bond donors (Lipinski definition) is 1. The van der Waals surface area contributed by atoms with E-state index in [0.717, 1.165) is 5.76 Å². The smallest absolute Gasteiger partial charge is 0.0966 e. The third-order valence-electron chi connectivity index (χ3n) is 1.21.